The number of aryl methyl sites for hydroxylation is 1. The van der Waals surface area contributed by atoms with Crippen LogP contribution in [-0.4, -0.2) is 51.0 Å². The van der Waals surface area contributed by atoms with Gasteiger partial charge in [-0.25, -0.2) is 23.7 Å². The van der Waals surface area contributed by atoms with E-state index in [-0.39, 0.29) is 31.5 Å². The van der Waals surface area contributed by atoms with Crippen molar-refractivity contribution in [3.63, 3.8) is 0 Å². The summed E-state index contributed by atoms with van der Waals surface area (Å²) in [4.78, 5) is 14.1. The summed E-state index contributed by atoms with van der Waals surface area (Å²) < 4.78 is 42.4. The molecule has 2 aromatic heterocycles. The third-order valence-electron chi connectivity index (χ3n) is 9.31. The normalized spacial score (nSPS) is 12.5. The Bertz CT molecular complexity index is 1530. The molecule has 55 heavy (non-hydrogen) atoms. The Morgan fingerprint density at radius 2 is 1.44 bits per heavy atom. The standard InChI is InChI=1S/C32H59N4O5P.C8H6FNO.CHN/c1-3-4-5-6-7-8-9-10-11-12-13-14-15-16-17-18-19-20-21-26-40-42(37,38)41-27-30(39-2)24-22-29-23-25-31-32(33)34-28-35-36(29)31;9-8-2-6(4-10)1-7(3-8)5-11;1-2/h23,25,28,30H,3-22,24,26-27H2,1-2H3,(H,37,38)(H2,33,34,35);1-3,11H,5H2;1H. The first kappa shape index (κ1) is 49.6. The Balaban J connectivity index is 0.000000984. The average Bonchev–Trinajstić information content (AvgIpc) is 3.62. The number of hydrogen-bond donors (Lipinski definition) is 3. The lowest BCUT2D eigenvalue weighted by Gasteiger charge is -2.18. The summed E-state index contributed by atoms with van der Waals surface area (Å²) in [6.45, 7) is 5.73. The minimum absolute atomic E-state index is 0.0239. The van der Waals surface area contributed by atoms with Gasteiger partial charge in [-0.1, -0.05) is 122 Å². The number of hydrogen-bond acceptors (Lipinski definition) is 10. The molecule has 1 aromatic carbocycles. The molecule has 0 bridgehead atoms. The van der Waals surface area contributed by atoms with E-state index in [2.05, 4.69) is 23.6 Å². The molecule has 2 heterocycles. The summed E-state index contributed by atoms with van der Waals surface area (Å²) in [6, 6.07) is 9.37. The predicted molar refractivity (Wildman–Crippen MR) is 215 cm³/mol. The first-order valence-corrected chi connectivity index (χ1v) is 21.5. The Hall–Kier alpha value is -3.42. The Labute approximate surface area is 328 Å². The number of aromatic nitrogens is 3. The van der Waals surface area contributed by atoms with Crippen LogP contribution < -0.4 is 5.73 Å². The number of fused-ring (bicyclic) bond motifs is 1. The number of anilines is 1. The lowest BCUT2D eigenvalue weighted by molar-refractivity contribution is 0.0344. The summed E-state index contributed by atoms with van der Waals surface area (Å²) in [5.74, 6) is -0.0700. The van der Waals surface area contributed by atoms with E-state index in [0.29, 0.717) is 24.2 Å². The van der Waals surface area contributed by atoms with E-state index in [1.165, 1.54) is 121 Å². The molecule has 3 rings (SSSR count). The van der Waals surface area contributed by atoms with Crippen molar-refractivity contribution in [1.82, 2.24) is 14.6 Å². The van der Waals surface area contributed by atoms with Crippen molar-refractivity contribution in [3.8, 4) is 12.6 Å². The van der Waals surface area contributed by atoms with Crippen molar-refractivity contribution in [2.45, 2.75) is 154 Å². The van der Waals surface area contributed by atoms with Crippen LogP contribution in [0.4, 0.5) is 10.2 Å². The second-order valence-corrected chi connectivity index (χ2v) is 15.2. The topological polar surface area (TPSA) is 189 Å². The Morgan fingerprint density at radius 3 is 1.95 bits per heavy atom. The van der Waals surface area contributed by atoms with Crippen LogP contribution in [0.1, 0.15) is 152 Å². The lowest BCUT2D eigenvalue weighted by atomic mass is 10.0. The largest absolute Gasteiger partial charge is 0.472 e. The highest BCUT2D eigenvalue weighted by atomic mass is 31.2. The number of benzene rings is 1. The fourth-order valence-electron chi connectivity index (χ4n) is 6.16. The molecule has 14 heteroatoms. The number of nitriles is 2. The number of nitrogens with zero attached hydrogens (tertiary/aromatic N) is 5. The van der Waals surface area contributed by atoms with Gasteiger partial charge in [0.1, 0.15) is 17.7 Å². The fourth-order valence-corrected chi connectivity index (χ4v) is 6.94. The highest BCUT2D eigenvalue weighted by molar-refractivity contribution is 7.47. The molecule has 0 fully saturated rings. The van der Waals surface area contributed by atoms with Crippen LogP contribution >= 0.6 is 7.82 Å². The van der Waals surface area contributed by atoms with E-state index < -0.39 is 13.6 Å². The molecule has 0 saturated heterocycles. The zero-order valence-electron chi connectivity index (χ0n) is 33.3. The van der Waals surface area contributed by atoms with Gasteiger partial charge in [0.15, 0.2) is 5.82 Å². The van der Waals surface area contributed by atoms with Crippen LogP contribution in [0.3, 0.4) is 0 Å². The number of ether oxygens (including phenoxy) is 1. The molecule has 0 amide bonds. The SMILES string of the molecule is C#N.CCCCCCCCCCCCCCCCCCCCCOP(=O)(O)OCC(CCc1ccc2c(N)ncnn12)OC.N#Cc1cc(F)cc(CO)c1. The summed E-state index contributed by atoms with van der Waals surface area (Å²) in [5, 5.41) is 27.7. The molecule has 0 radical (unpaired) electrons. The number of methoxy groups -OCH3 is 1. The third kappa shape index (κ3) is 23.3. The average molecular weight is 789 g/mol. The van der Waals surface area contributed by atoms with Gasteiger partial charge in [-0.3, -0.25) is 9.05 Å². The Kier molecular flexibility index (Phi) is 28.6. The number of phosphoric ester groups is 1. The van der Waals surface area contributed by atoms with Gasteiger partial charge in [0.25, 0.3) is 0 Å². The second kappa shape index (κ2) is 31.7. The van der Waals surface area contributed by atoms with Crippen LogP contribution in [0.15, 0.2) is 36.7 Å². The van der Waals surface area contributed by atoms with Gasteiger partial charge in [0.05, 0.1) is 37.6 Å². The molecule has 2 unspecified atom stereocenters. The Morgan fingerprint density at radius 1 is 0.891 bits per heavy atom. The van der Waals surface area contributed by atoms with Crippen LogP contribution in [0.2, 0.25) is 0 Å². The molecule has 0 aliphatic rings. The van der Waals surface area contributed by atoms with Crippen LogP contribution in [0.25, 0.3) is 5.52 Å². The van der Waals surface area contributed by atoms with E-state index in [1.54, 1.807) is 17.7 Å². The molecule has 4 N–H and O–H groups in total. The molecular formula is C41H66FN6O6P. The summed E-state index contributed by atoms with van der Waals surface area (Å²) in [6.07, 6.45) is 27.2. The molecule has 0 saturated carbocycles. The summed E-state index contributed by atoms with van der Waals surface area (Å²) in [5.41, 5.74) is 8.24. The highest BCUT2D eigenvalue weighted by Crippen LogP contribution is 2.43. The number of nitrogen functional groups attached to an aromatic ring is 1. The zero-order valence-corrected chi connectivity index (χ0v) is 34.1. The maximum Gasteiger partial charge on any atom is 0.472 e. The van der Waals surface area contributed by atoms with Crippen molar-refractivity contribution in [2.24, 2.45) is 0 Å². The second-order valence-electron chi connectivity index (χ2n) is 13.7. The molecule has 0 spiro atoms. The predicted octanol–water partition coefficient (Wildman–Crippen LogP) is 10.2. The molecule has 0 aliphatic heterocycles. The van der Waals surface area contributed by atoms with Gasteiger partial charge >= 0.3 is 7.82 Å². The summed E-state index contributed by atoms with van der Waals surface area (Å²) >= 11 is 0. The molecule has 0 aliphatic carbocycles. The zero-order chi connectivity index (χ0) is 40.6. The third-order valence-corrected chi connectivity index (χ3v) is 10.3. The van der Waals surface area contributed by atoms with Crippen molar-refractivity contribution >= 4 is 19.2 Å². The fraction of sp³-hybridized carbons (Fsp3) is 0.659. The number of halogens is 1. The monoisotopic (exact) mass is 788 g/mol. The number of aliphatic hydroxyl groups excluding tert-OH is 1. The number of nitrogens with two attached hydrogens (primary N) is 1. The highest BCUT2D eigenvalue weighted by Gasteiger charge is 2.23. The van der Waals surface area contributed by atoms with E-state index >= 15 is 0 Å². The van der Waals surface area contributed by atoms with Gasteiger partial charge in [-0.15, -0.1) is 0 Å². The van der Waals surface area contributed by atoms with E-state index in [0.717, 1.165) is 36.5 Å². The van der Waals surface area contributed by atoms with Gasteiger partial charge in [-0.05, 0) is 55.2 Å². The summed E-state index contributed by atoms with van der Waals surface area (Å²) in [7, 11) is -2.54. The smallest absolute Gasteiger partial charge is 0.392 e. The van der Waals surface area contributed by atoms with Crippen molar-refractivity contribution in [3.05, 3.63) is 59.3 Å². The first-order valence-electron chi connectivity index (χ1n) is 20.0. The van der Waals surface area contributed by atoms with Gasteiger partial charge in [-0.2, -0.15) is 10.4 Å². The maximum absolute atomic E-state index is 12.5. The van der Waals surface area contributed by atoms with E-state index in [9.17, 15) is 13.8 Å². The van der Waals surface area contributed by atoms with E-state index in [4.69, 9.17) is 35.1 Å². The maximum atomic E-state index is 12.5. The number of rotatable bonds is 29. The van der Waals surface area contributed by atoms with Crippen molar-refractivity contribution in [2.75, 3.05) is 26.1 Å². The number of unbranched alkanes of at least 4 members (excludes halogenated alkanes) is 18. The van der Waals surface area contributed by atoms with Crippen LogP contribution in [0.5, 0.6) is 0 Å². The first-order chi connectivity index (χ1) is 26.7. The van der Waals surface area contributed by atoms with Crippen molar-refractivity contribution in [1.29, 1.82) is 10.5 Å². The minimum atomic E-state index is -4.11. The minimum Gasteiger partial charge on any atom is -0.392 e. The van der Waals surface area contributed by atoms with Gasteiger partial charge < -0.3 is 20.5 Å². The molecule has 308 valence electrons. The number of aliphatic hydroxyl groups is 1. The molecule has 12 nitrogen and oxygen atoms in total. The quantitative estimate of drug-likeness (QED) is 0.0448. The molecular weight excluding hydrogens is 722 g/mol. The lowest BCUT2D eigenvalue weighted by Crippen LogP contribution is -2.19. The van der Waals surface area contributed by atoms with Crippen LogP contribution in [-0.2, 0) is 31.4 Å². The van der Waals surface area contributed by atoms with Gasteiger partial charge in [0.2, 0.25) is 0 Å². The van der Waals surface area contributed by atoms with Gasteiger partial charge in [0, 0.05) is 19.4 Å². The molecule has 2 atom stereocenters. The van der Waals surface area contributed by atoms with Crippen LogP contribution in [0, 0.1) is 29.0 Å². The van der Waals surface area contributed by atoms with E-state index in [1.807, 2.05) is 12.1 Å². The number of phosphoric acid groups is 1. The van der Waals surface area contributed by atoms with Crippen molar-refractivity contribution < 1.29 is 32.7 Å². The molecule has 3 aromatic rings.